The van der Waals surface area contributed by atoms with E-state index in [1.807, 2.05) is 24.3 Å². The summed E-state index contributed by atoms with van der Waals surface area (Å²) in [6.45, 7) is 1.80. The number of fused-ring (bicyclic) bond motifs is 3. The first-order valence-corrected chi connectivity index (χ1v) is 11.7. The number of aliphatic carboxylic acids is 1. The first-order valence-electron chi connectivity index (χ1n) is 11.7. The Kier molecular flexibility index (Phi) is 7.17. The van der Waals surface area contributed by atoms with E-state index in [-0.39, 0.29) is 25.0 Å². The number of aliphatic hydroxyl groups excluding tert-OH is 1. The summed E-state index contributed by atoms with van der Waals surface area (Å²) in [5, 5.41) is 24.0. The molecule has 0 radical (unpaired) electrons. The van der Waals surface area contributed by atoms with Gasteiger partial charge in [0.25, 0.3) is 0 Å². The zero-order valence-corrected chi connectivity index (χ0v) is 19.1. The fourth-order valence-corrected chi connectivity index (χ4v) is 5.14. The number of aliphatic hydroxyl groups is 1. The second-order valence-corrected chi connectivity index (χ2v) is 9.07. The summed E-state index contributed by atoms with van der Waals surface area (Å²) < 4.78 is 5.56. The normalized spacial score (nSPS) is 20.6. The maximum atomic E-state index is 12.6. The second-order valence-electron chi connectivity index (χ2n) is 9.07. The minimum Gasteiger partial charge on any atom is -0.480 e. The van der Waals surface area contributed by atoms with Gasteiger partial charge in [-0.2, -0.15) is 0 Å². The SMILES string of the molecule is C[C@@H](O)[C@H](NC(=O)C1CCCC1CNC(=O)OCC1c2ccccc2-c2ccccc21)C(=O)O. The Bertz CT molecular complexity index is 1020. The van der Waals surface area contributed by atoms with E-state index < -0.39 is 36.0 Å². The van der Waals surface area contributed by atoms with Gasteiger partial charge in [0.05, 0.1) is 6.10 Å². The smallest absolute Gasteiger partial charge is 0.407 e. The molecule has 34 heavy (non-hydrogen) atoms. The van der Waals surface area contributed by atoms with Crippen molar-refractivity contribution in [1.82, 2.24) is 10.6 Å². The molecular formula is C26H30N2O6. The van der Waals surface area contributed by atoms with Crippen molar-refractivity contribution >= 4 is 18.0 Å². The van der Waals surface area contributed by atoms with Crippen LogP contribution in [0.2, 0.25) is 0 Å². The number of carboxylic acid groups (broad SMARTS) is 1. The molecule has 4 N–H and O–H groups in total. The molecule has 4 rings (SSSR count). The topological polar surface area (TPSA) is 125 Å². The molecule has 2 amide bonds. The summed E-state index contributed by atoms with van der Waals surface area (Å²) in [5.41, 5.74) is 4.58. The fourth-order valence-electron chi connectivity index (χ4n) is 5.14. The molecule has 0 aromatic heterocycles. The average molecular weight is 467 g/mol. The van der Waals surface area contributed by atoms with Crippen LogP contribution in [0.4, 0.5) is 4.79 Å². The number of carbonyl (C=O) groups is 3. The zero-order chi connectivity index (χ0) is 24.2. The Morgan fingerprint density at radius 1 is 1.03 bits per heavy atom. The van der Waals surface area contributed by atoms with E-state index in [0.717, 1.165) is 35.1 Å². The van der Waals surface area contributed by atoms with E-state index >= 15 is 0 Å². The van der Waals surface area contributed by atoms with Crippen LogP contribution in [-0.4, -0.2) is 53.5 Å². The lowest BCUT2D eigenvalue weighted by Crippen LogP contribution is -2.50. The van der Waals surface area contributed by atoms with Crippen LogP contribution >= 0.6 is 0 Å². The lowest BCUT2D eigenvalue weighted by Gasteiger charge is -2.23. The van der Waals surface area contributed by atoms with Crippen molar-refractivity contribution in [3.05, 3.63) is 59.7 Å². The van der Waals surface area contributed by atoms with E-state index in [0.29, 0.717) is 6.42 Å². The molecule has 8 nitrogen and oxygen atoms in total. The van der Waals surface area contributed by atoms with Gasteiger partial charge in [-0.25, -0.2) is 9.59 Å². The van der Waals surface area contributed by atoms with Crippen molar-refractivity contribution in [3.63, 3.8) is 0 Å². The molecule has 2 aliphatic rings. The van der Waals surface area contributed by atoms with E-state index in [2.05, 4.69) is 34.9 Å². The number of benzene rings is 2. The number of hydrogen-bond donors (Lipinski definition) is 4. The maximum absolute atomic E-state index is 12.6. The van der Waals surface area contributed by atoms with Gasteiger partial charge in [0.1, 0.15) is 6.61 Å². The molecule has 0 saturated heterocycles. The van der Waals surface area contributed by atoms with Crippen molar-refractivity contribution in [2.24, 2.45) is 11.8 Å². The van der Waals surface area contributed by atoms with Crippen molar-refractivity contribution in [2.45, 2.75) is 44.2 Å². The van der Waals surface area contributed by atoms with Crippen molar-refractivity contribution in [1.29, 1.82) is 0 Å². The number of hydrogen-bond acceptors (Lipinski definition) is 5. The monoisotopic (exact) mass is 466 g/mol. The molecule has 2 aliphatic carbocycles. The third-order valence-electron chi connectivity index (χ3n) is 6.89. The quantitative estimate of drug-likeness (QED) is 0.474. The molecule has 0 bridgehead atoms. The lowest BCUT2D eigenvalue weighted by atomic mass is 9.94. The second kappa shape index (κ2) is 10.3. The minimum atomic E-state index is -1.36. The number of carboxylic acids is 1. The van der Waals surface area contributed by atoms with Crippen molar-refractivity contribution < 1.29 is 29.3 Å². The van der Waals surface area contributed by atoms with Crippen LogP contribution in [-0.2, 0) is 14.3 Å². The molecule has 1 fully saturated rings. The molecule has 2 unspecified atom stereocenters. The van der Waals surface area contributed by atoms with Gasteiger partial charge < -0.3 is 25.6 Å². The number of rotatable bonds is 8. The molecule has 1 saturated carbocycles. The van der Waals surface area contributed by atoms with E-state index in [9.17, 15) is 24.6 Å². The number of carbonyl (C=O) groups excluding carboxylic acids is 2. The molecule has 0 heterocycles. The fraction of sp³-hybridized carbons (Fsp3) is 0.423. The predicted molar refractivity (Wildman–Crippen MR) is 125 cm³/mol. The molecule has 4 atom stereocenters. The van der Waals surface area contributed by atoms with Gasteiger partial charge in [0, 0.05) is 18.4 Å². The molecule has 2 aromatic carbocycles. The van der Waals surface area contributed by atoms with Crippen LogP contribution in [0.25, 0.3) is 11.1 Å². The van der Waals surface area contributed by atoms with Crippen LogP contribution < -0.4 is 10.6 Å². The third-order valence-corrected chi connectivity index (χ3v) is 6.89. The van der Waals surface area contributed by atoms with Gasteiger partial charge in [0.15, 0.2) is 6.04 Å². The highest BCUT2D eigenvalue weighted by atomic mass is 16.5. The average Bonchev–Trinajstić information content (AvgIpc) is 3.42. The van der Waals surface area contributed by atoms with E-state index in [1.165, 1.54) is 6.92 Å². The first-order chi connectivity index (χ1) is 16.4. The predicted octanol–water partition coefficient (Wildman–Crippen LogP) is 2.89. The Hall–Kier alpha value is -3.39. The highest BCUT2D eigenvalue weighted by Gasteiger charge is 2.36. The van der Waals surface area contributed by atoms with Crippen LogP contribution in [0.15, 0.2) is 48.5 Å². The largest absolute Gasteiger partial charge is 0.480 e. The maximum Gasteiger partial charge on any atom is 0.407 e. The van der Waals surface area contributed by atoms with Crippen LogP contribution in [0, 0.1) is 11.8 Å². The Morgan fingerprint density at radius 3 is 2.24 bits per heavy atom. The first kappa shape index (κ1) is 23.8. The summed E-state index contributed by atoms with van der Waals surface area (Å²) >= 11 is 0. The number of alkyl carbamates (subject to hydrolysis) is 1. The summed E-state index contributed by atoms with van der Waals surface area (Å²) in [6, 6.07) is 14.9. The number of amides is 2. The lowest BCUT2D eigenvalue weighted by molar-refractivity contribution is -0.145. The van der Waals surface area contributed by atoms with Crippen LogP contribution in [0.3, 0.4) is 0 Å². The molecule has 0 spiro atoms. The van der Waals surface area contributed by atoms with Gasteiger partial charge >= 0.3 is 12.1 Å². The standard InChI is InChI=1S/C26H30N2O6/c1-15(29)23(25(31)32)28-24(30)17-12-6-7-16(17)13-27-26(33)34-14-22-20-10-4-2-8-18(20)19-9-3-5-11-21(19)22/h2-5,8-11,15-17,22-23,29H,6-7,12-14H2,1H3,(H,27,33)(H,28,30)(H,31,32)/t15-,16?,17?,23+/m1/s1. The van der Waals surface area contributed by atoms with E-state index in [1.54, 1.807) is 0 Å². The molecule has 2 aromatic rings. The van der Waals surface area contributed by atoms with Gasteiger partial charge in [-0.05, 0) is 47.9 Å². The summed E-state index contributed by atoms with van der Waals surface area (Å²) in [4.78, 5) is 36.4. The highest BCUT2D eigenvalue weighted by molar-refractivity contribution is 5.85. The molecule has 0 aliphatic heterocycles. The van der Waals surface area contributed by atoms with E-state index in [4.69, 9.17) is 4.74 Å². The third kappa shape index (κ3) is 4.92. The molecular weight excluding hydrogens is 436 g/mol. The van der Waals surface area contributed by atoms with Crippen LogP contribution in [0.1, 0.15) is 43.2 Å². The van der Waals surface area contributed by atoms with Gasteiger partial charge in [-0.1, -0.05) is 55.0 Å². The number of ether oxygens (including phenoxy) is 1. The highest BCUT2D eigenvalue weighted by Crippen LogP contribution is 2.44. The summed E-state index contributed by atoms with van der Waals surface area (Å²) in [7, 11) is 0. The Balaban J connectivity index is 1.31. The minimum absolute atomic E-state index is 0.0309. The Morgan fingerprint density at radius 2 is 1.65 bits per heavy atom. The Labute approximate surface area is 198 Å². The van der Waals surface area contributed by atoms with Gasteiger partial charge in [-0.3, -0.25) is 4.79 Å². The summed E-state index contributed by atoms with van der Waals surface area (Å²) in [5.74, 6) is -2.27. The summed E-state index contributed by atoms with van der Waals surface area (Å²) in [6.07, 6.45) is 0.408. The van der Waals surface area contributed by atoms with Crippen LogP contribution in [0.5, 0.6) is 0 Å². The van der Waals surface area contributed by atoms with Gasteiger partial charge in [-0.15, -0.1) is 0 Å². The molecule has 8 heteroatoms. The number of nitrogens with one attached hydrogen (secondary N) is 2. The molecule has 180 valence electrons. The zero-order valence-electron chi connectivity index (χ0n) is 19.1. The van der Waals surface area contributed by atoms with Crippen molar-refractivity contribution in [2.75, 3.05) is 13.2 Å². The van der Waals surface area contributed by atoms with Crippen molar-refractivity contribution in [3.8, 4) is 11.1 Å². The van der Waals surface area contributed by atoms with Gasteiger partial charge in [0.2, 0.25) is 5.91 Å².